The molecule has 0 fully saturated rings. The molecular formula is C21H23N5O3S. The van der Waals surface area contributed by atoms with Crippen LogP contribution in [-0.2, 0) is 5.41 Å². The van der Waals surface area contributed by atoms with E-state index in [0.717, 1.165) is 15.5 Å². The number of aromatic nitrogens is 2. The van der Waals surface area contributed by atoms with E-state index in [-0.39, 0.29) is 17.2 Å². The lowest BCUT2D eigenvalue weighted by Crippen LogP contribution is -2.19. The second kappa shape index (κ2) is 9.00. The molecule has 0 bridgehead atoms. The molecule has 0 saturated heterocycles. The van der Waals surface area contributed by atoms with Crippen molar-refractivity contribution in [2.75, 3.05) is 17.7 Å². The number of amides is 3. The summed E-state index contributed by atoms with van der Waals surface area (Å²) in [6.07, 6.45) is 1.59. The Balaban J connectivity index is 1.65. The highest BCUT2D eigenvalue weighted by molar-refractivity contribution is 7.99. The highest BCUT2D eigenvalue weighted by atomic mass is 32.2. The molecular weight excluding hydrogens is 402 g/mol. The topological polar surface area (TPSA) is 109 Å². The maximum atomic E-state index is 12.3. The lowest BCUT2D eigenvalue weighted by Gasteiger charge is -2.12. The molecule has 0 radical (unpaired) electrons. The number of nitrogens with zero attached hydrogens (tertiary/aromatic N) is 2. The van der Waals surface area contributed by atoms with E-state index in [2.05, 4.69) is 26.1 Å². The van der Waals surface area contributed by atoms with Gasteiger partial charge in [0.1, 0.15) is 5.69 Å². The zero-order valence-corrected chi connectivity index (χ0v) is 18.0. The summed E-state index contributed by atoms with van der Waals surface area (Å²) in [6, 6.07) is 12.2. The molecule has 8 nitrogen and oxygen atoms in total. The van der Waals surface area contributed by atoms with Crippen LogP contribution in [0.15, 0.2) is 63.0 Å². The lowest BCUT2D eigenvalue weighted by molar-refractivity contribution is 0.0958. The third-order valence-corrected chi connectivity index (χ3v) is 5.01. The van der Waals surface area contributed by atoms with Crippen LogP contribution in [0.25, 0.3) is 0 Å². The first-order valence-electron chi connectivity index (χ1n) is 9.26. The van der Waals surface area contributed by atoms with E-state index in [1.807, 2.05) is 45.0 Å². The van der Waals surface area contributed by atoms with Gasteiger partial charge in [-0.2, -0.15) is 0 Å². The Kier molecular flexibility index (Phi) is 6.41. The average molecular weight is 426 g/mol. The fourth-order valence-corrected chi connectivity index (χ4v) is 3.37. The SMILES string of the molecule is CNC(=O)c1cc(Sc2cccc(NC(=O)Nc3cc(C(C)(C)C)no3)c2)ccn1. The van der Waals surface area contributed by atoms with Gasteiger partial charge in [0.25, 0.3) is 5.91 Å². The van der Waals surface area contributed by atoms with E-state index in [1.54, 1.807) is 31.4 Å². The number of carbonyl (C=O) groups excluding carboxylic acids is 2. The number of carbonyl (C=O) groups is 2. The zero-order valence-electron chi connectivity index (χ0n) is 17.1. The molecule has 0 aliphatic rings. The quantitative estimate of drug-likeness (QED) is 0.554. The van der Waals surface area contributed by atoms with Crippen LogP contribution in [0.2, 0.25) is 0 Å². The highest BCUT2D eigenvalue weighted by Crippen LogP contribution is 2.29. The van der Waals surface area contributed by atoms with Gasteiger partial charge in [-0.3, -0.25) is 15.1 Å². The molecule has 30 heavy (non-hydrogen) atoms. The molecule has 1 aromatic carbocycles. The van der Waals surface area contributed by atoms with Gasteiger partial charge in [0, 0.05) is 40.2 Å². The van der Waals surface area contributed by atoms with Crippen LogP contribution in [-0.4, -0.2) is 29.1 Å². The van der Waals surface area contributed by atoms with Crippen LogP contribution >= 0.6 is 11.8 Å². The zero-order chi connectivity index (χ0) is 21.7. The summed E-state index contributed by atoms with van der Waals surface area (Å²) < 4.78 is 5.18. The van der Waals surface area contributed by atoms with Gasteiger partial charge in [0.2, 0.25) is 5.88 Å². The smallest absolute Gasteiger partial charge is 0.326 e. The molecule has 0 spiro atoms. The third kappa shape index (κ3) is 5.60. The Bertz CT molecular complexity index is 1060. The molecule has 0 unspecified atom stereocenters. The van der Waals surface area contributed by atoms with Crippen molar-refractivity contribution in [3.8, 4) is 0 Å². The highest BCUT2D eigenvalue weighted by Gasteiger charge is 2.19. The molecule has 156 valence electrons. The van der Waals surface area contributed by atoms with Crippen molar-refractivity contribution >= 4 is 35.3 Å². The minimum atomic E-state index is -0.431. The number of rotatable bonds is 5. The van der Waals surface area contributed by atoms with Crippen molar-refractivity contribution in [3.63, 3.8) is 0 Å². The predicted molar refractivity (Wildman–Crippen MR) is 116 cm³/mol. The van der Waals surface area contributed by atoms with Crippen LogP contribution in [0, 0.1) is 0 Å². The van der Waals surface area contributed by atoms with Gasteiger partial charge in [-0.1, -0.05) is 43.8 Å². The standard InChI is InChI=1S/C21H23N5O3S/c1-21(2,3)17-12-18(29-26-17)25-20(28)24-13-6-5-7-14(10-13)30-15-8-9-23-16(11-15)19(27)22-4/h5-12H,1-4H3,(H,22,27)(H2,24,25,28). The molecule has 3 N–H and O–H groups in total. The van der Waals surface area contributed by atoms with Crippen LogP contribution in [0.1, 0.15) is 37.0 Å². The minimum absolute atomic E-state index is 0.171. The maximum absolute atomic E-state index is 12.3. The van der Waals surface area contributed by atoms with Crippen molar-refractivity contribution in [2.24, 2.45) is 0 Å². The number of hydrogen-bond acceptors (Lipinski definition) is 6. The van der Waals surface area contributed by atoms with Gasteiger partial charge in [-0.25, -0.2) is 4.79 Å². The number of nitrogens with one attached hydrogen (secondary N) is 3. The summed E-state index contributed by atoms with van der Waals surface area (Å²) in [5, 5.41) is 12.0. The second-order valence-corrected chi connectivity index (χ2v) is 8.64. The van der Waals surface area contributed by atoms with E-state index in [9.17, 15) is 9.59 Å². The average Bonchev–Trinajstić information content (AvgIpc) is 3.16. The minimum Gasteiger partial charge on any atom is -0.354 e. The summed E-state index contributed by atoms with van der Waals surface area (Å²) in [6.45, 7) is 6.04. The first-order chi connectivity index (χ1) is 14.2. The first kappa shape index (κ1) is 21.4. The van der Waals surface area contributed by atoms with Crippen molar-refractivity contribution in [3.05, 3.63) is 60.0 Å². The maximum Gasteiger partial charge on any atom is 0.326 e. The van der Waals surface area contributed by atoms with Gasteiger partial charge in [0.05, 0.1) is 5.69 Å². The van der Waals surface area contributed by atoms with E-state index >= 15 is 0 Å². The van der Waals surface area contributed by atoms with Crippen molar-refractivity contribution in [2.45, 2.75) is 36.0 Å². The summed E-state index contributed by atoms with van der Waals surface area (Å²) in [5.41, 5.74) is 1.55. The van der Waals surface area contributed by atoms with Crippen molar-refractivity contribution in [1.82, 2.24) is 15.5 Å². The summed E-state index contributed by atoms with van der Waals surface area (Å²) in [4.78, 5) is 29.9. The Morgan fingerprint density at radius 1 is 1.03 bits per heavy atom. The first-order valence-corrected chi connectivity index (χ1v) is 10.1. The fourth-order valence-electron chi connectivity index (χ4n) is 2.46. The lowest BCUT2D eigenvalue weighted by atomic mass is 9.92. The van der Waals surface area contributed by atoms with Crippen molar-refractivity contribution < 1.29 is 14.1 Å². The predicted octanol–water partition coefficient (Wildman–Crippen LogP) is 4.52. The van der Waals surface area contributed by atoms with Crippen molar-refractivity contribution in [1.29, 1.82) is 0 Å². The number of pyridine rings is 1. The fraction of sp³-hybridized carbons (Fsp3) is 0.238. The molecule has 2 heterocycles. The van der Waals surface area contributed by atoms with E-state index in [1.165, 1.54) is 11.8 Å². The molecule has 2 aromatic heterocycles. The normalized spacial score (nSPS) is 11.1. The molecule has 3 aromatic rings. The van der Waals surface area contributed by atoms with Crippen LogP contribution in [0.3, 0.4) is 0 Å². The summed E-state index contributed by atoms with van der Waals surface area (Å²) in [5.74, 6) is 0.0352. The second-order valence-electron chi connectivity index (χ2n) is 7.49. The van der Waals surface area contributed by atoms with E-state index in [4.69, 9.17) is 4.52 Å². The Hall–Kier alpha value is -3.33. The molecule has 0 atom stereocenters. The molecule has 3 rings (SSSR count). The molecule has 0 saturated carbocycles. The molecule has 9 heteroatoms. The van der Waals surface area contributed by atoms with Crippen LogP contribution < -0.4 is 16.0 Å². The van der Waals surface area contributed by atoms with Gasteiger partial charge in [0.15, 0.2) is 0 Å². The van der Waals surface area contributed by atoms with Gasteiger partial charge >= 0.3 is 6.03 Å². The van der Waals surface area contributed by atoms with Gasteiger partial charge in [-0.15, -0.1) is 0 Å². The Morgan fingerprint density at radius 2 is 1.80 bits per heavy atom. The van der Waals surface area contributed by atoms with Gasteiger partial charge < -0.3 is 15.2 Å². The van der Waals surface area contributed by atoms with Crippen LogP contribution in [0.5, 0.6) is 0 Å². The van der Waals surface area contributed by atoms with Crippen LogP contribution in [0.4, 0.5) is 16.4 Å². The Morgan fingerprint density at radius 3 is 2.50 bits per heavy atom. The Labute approximate surface area is 178 Å². The number of benzene rings is 1. The third-order valence-electron chi connectivity index (χ3n) is 4.03. The summed E-state index contributed by atoms with van der Waals surface area (Å²) in [7, 11) is 1.56. The number of hydrogen-bond donors (Lipinski definition) is 3. The van der Waals surface area contributed by atoms with E-state index < -0.39 is 6.03 Å². The molecule has 3 amide bonds. The van der Waals surface area contributed by atoms with Gasteiger partial charge in [-0.05, 0) is 30.3 Å². The van der Waals surface area contributed by atoms with E-state index in [0.29, 0.717) is 11.4 Å². The molecule has 0 aliphatic heterocycles. The molecule has 0 aliphatic carbocycles. The summed E-state index contributed by atoms with van der Waals surface area (Å²) >= 11 is 1.46. The number of anilines is 2. The number of urea groups is 1. The monoisotopic (exact) mass is 425 g/mol. The largest absolute Gasteiger partial charge is 0.354 e.